The van der Waals surface area contributed by atoms with Crippen molar-refractivity contribution >= 4 is 11.0 Å². The standard InChI is InChI=1S/C17H16FN3/c18-14-6-7-16-15(10-14)19-17-12-20(8-9-21(16)17)11-13-4-2-1-3-5-13/h1-7,10H,8-9,11-12H2. The van der Waals surface area contributed by atoms with Crippen molar-refractivity contribution in [2.24, 2.45) is 0 Å². The molecule has 1 aromatic heterocycles. The van der Waals surface area contributed by atoms with Gasteiger partial charge in [-0.3, -0.25) is 4.90 Å². The van der Waals surface area contributed by atoms with E-state index in [2.05, 4.69) is 38.7 Å². The monoisotopic (exact) mass is 281 g/mol. The van der Waals surface area contributed by atoms with Crippen molar-refractivity contribution in [3.63, 3.8) is 0 Å². The minimum atomic E-state index is -0.223. The average Bonchev–Trinajstić information content (AvgIpc) is 2.84. The van der Waals surface area contributed by atoms with Crippen molar-refractivity contribution in [1.82, 2.24) is 14.5 Å². The lowest BCUT2D eigenvalue weighted by molar-refractivity contribution is 0.211. The molecule has 4 heteroatoms. The molecule has 2 heterocycles. The molecule has 106 valence electrons. The maximum Gasteiger partial charge on any atom is 0.125 e. The Morgan fingerprint density at radius 1 is 1.05 bits per heavy atom. The van der Waals surface area contributed by atoms with Gasteiger partial charge in [0.1, 0.15) is 11.6 Å². The molecule has 0 atom stereocenters. The van der Waals surface area contributed by atoms with Gasteiger partial charge < -0.3 is 4.57 Å². The number of nitrogens with zero attached hydrogens (tertiary/aromatic N) is 3. The number of aromatic nitrogens is 2. The minimum absolute atomic E-state index is 0.223. The van der Waals surface area contributed by atoms with Gasteiger partial charge >= 0.3 is 0 Å². The van der Waals surface area contributed by atoms with E-state index in [1.165, 1.54) is 17.7 Å². The fourth-order valence-corrected chi connectivity index (χ4v) is 3.02. The first-order valence-corrected chi connectivity index (χ1v) is 7.20. The highest BCUT2D eigenvalue weighted by Crippen LogP contribution is 2.22. The minimum Gasteiger partial charge on any atom is -0.326 e. The Labute approximate surface area is 122 Å². The Morgan fingerprint density at radius 3 is 2.76 bits per heavy atom. The van der Waals surface area contributed by atoms with Crippen LogP contribution in [0.5, 0.6) is 0 Å². The lowest BCUT2D eigenvalue weighted by atomic mass is 10.2. The molecule has 0 aliphatic carbocycles. The van der Waals surface area contributed by atoms with Crippen molar-refractivity contribution in [2.75, 3.05) is 6.54 Å². The van der Waals surface area contributed by atoms with Gasteiger partial charge in [-0.25, -0.2) is 9.37 Å². The molecule has 0 saturated carbocycles. The Balaban J connectivity index is 1.61. The smallest absolute Gasteiger partial charge is 0.125 e. The Hall–Kier alpha value is -2.20. The first kappa shape index (κ1) is 12.5. The first-order valence-electron chi connectivity index (χ1n) is 7.20. The molecule has 2 aromatic carbocycles. The second-order valence-corrected chi connectivity index (χ2v) is 5.51. The van der Waals surface area contributed by atoms with Gasteiger partial charge in [-0.1, -0.05) is 30.3 Å². The molecule has 0 bridgehead atoms. The SMILES string of the molecule is Fc1ccc2c(c1)nc1n2CCN(Cc2ccccc2)C1. The topological polar surface area (TPSA) is 21.1 Å². The number of fused-ring (bicyclic) bond motifs is 3. The molecule has 0 unspecified atom stereocenters. The summed E-state index contributed by atoms with van der Waals surface area (Å²) in [7, 11) is 0. The molecular formula is C17H16FN3. The zero-order valence-corrected chi connectivity index (χ0v) is 11.7. The van der Waals surface area contributed by atoms with Gasteiger partial charge in [0.2, 0.25) is 0 Å². The third-order valence-electron chi connectivity index (χ3n) is 4.04. The summed E-state index contributed by atoms with van der Waals surface area (Å²) in [5.74, 6) is 0.803. The normalized spacial score (nSPS) is 15.3. The molecule has 21 heavy (non-hydrogen) atoms. The molecular weight excluding hydrogens is 265 g/mol. The third-order valence-corrected chi connectivity index (χ3v) is 4.04. The molecule has 4 rings (SSSR count). The van der Waals surface area contributed by atoms with Gasteiger partial charge in [-0.05, 0) is 17.7 Å². The van der Waals surface area contributed by atoms with Crippen LogP contribution < -0.4 is 0 Å². The largest absolute Gasteiger partial charge is 0.326 e. The molecule has 3 aromatic rings. The summed E-state index contributed by atoms with van der Waals surface area (Å²) >= 11 is 0. The highest BCUT2D eigenvalue weighted by Gasteiger charge is 2.20. The van der Waals surface area contributed by atoms with Crippen molar-refractivity contribution in [3.8, 4) is 0 Å². The average molecular weight is 281 g/mol. The Bertz CT molecular complexity index is 779. The molecule has 0 radical (unpaired) electrons. The number of hydrogen-bond donors (Lipinski definition) is 0. The van der Waals surface area contributed by atoms with Crippen molar-refractivity contribution < 1.29 is 4.39 Å². The molecule has 0 N–H and O–H groups in total. The summed E-state index contributed by atoms with van der Waals surface area (Å²) in [5.41, 5.74) is 3.10. The van der Waals surface area contributed by atoms with Crippen molar-refractivity contribution in [1.29, 1.82) is 0 Å². The quantitative estimate of drug-likeness (QED) is 0.719. The van der Waals surface area contributed by atoms with Crippen LogP contribution in [-0.4, -0.2) is 21.0 Å². The summed E-state index contributed by atoms with van der Waals surface area (Å²) in [6.07, 6.45) is 0. The number of halogens is 1. The lowest BCUT2D eigenvalue weighted by Crippen LogP contribution is -2.33. The molecule has 0 fully saturated rings. The van der Waals surface area contributed by atoms with Crippen LogP contribution in [0.25, 0.3) is 11.0 Å². The summed E-state index contributed by atoms with van der Waals surface area (Å²) in [5, 5.41) is 0. The van der Waals surface area contributed by atoms with E-state index in [4.69, 9.17) is 0 Å². The van der Waals surface area contributed by atoms with Crippen molar-refractivity contribution in [3.05, 3.63) is 65.7 Å². The molecule has 1 aliphatic rings. The third kappa shape index (κ3) is 2.32. The van der Waals surface area contributed by atoms with E-state index in [0.717, 1.165) is 43.0 Å². The van der Waals surface area contributed by atoms with Crippen LogP contribution in [0, 0.1) is 5.82 Å². The van der Waals surface area contributed by atoms with Crippen LogP contribution in [0.1, 0.15) is 11.4 Å². The fraction of sp³-hybridized carbons (Fsp3) is 0.235. The van der Waals surface area contributed by atoms with Crippen molar-refractivity contribution in [2.45, 2.75) is 19.6 Å². The van der Waals surface area contributed by atoms with E-state index < -0.39 is 0 Å². The van der Waals surface area contributed by atoms with E-state index in [1.54, 1.807) is 0 Å². The summed E-state index contributed by atoms with van der Waals surface area (Å²) in [6, 6.07) is 15.3. The van der Waals surface area contributed by atoms with Gasteiger partial charge in [-0.2, -0.15) is 0 Å². The summed E-state index contributed by atoms with van der Waals surface area (Å²) < 4.78 is 15.5. The lowest BCUT2D eigenvalue weighted by Gasteiger charge is -2.27. The molecule has 1 aliphatic heterocycles. The second-order valence-electron chi connectivity index (χ2n) is 5.51. The number of rotatable bonds is 2. The zero-order valence-electron chi connectivity index (χ0n) is 11.7. The van der Waals surface area contributed by atoms with Gasteiger partial charge in [0.25, 0.3) is 0 Å². The van der Waals surface area contributed by atoms with Gasteiger partial charge in [0, 0.05) is 25.7 Å². The van der Waals surface area contributed by atoms with E-state index in [0.29, 0.717) is 0 Å². The van der Waals surface area contributed by atoms with Crippen LogP contribution in [0.4, 0.5) is 4.39 Å². The predicted molar refractivity (Wildman–Crippen MR) is 80.2 cm³/mol. The van der Waals surface area contributed by atoms with Gasteiger partial charge in [0.15, 0.2) is 0 Å². The van der Waals surface area contributed by atoms with Gasteiger partial charge in [0.05, 0.1) is 17.6 Å². The van der Waals surface area contributed by atoms with Gasteiger partial charge in [-0.15, -0.1) is 0 Å². The summed E-state index contributed by atoms with van der Waals surface area (Å²) in [4.78, 5) is 6.97. The zero-order chi connectivity index (χ0) is 14.2. The van der Waals surface area contributed by atoms with Crippen LogP contribution >= 0.6 is 0 Å². The summed E-state index contributed by atoms with van der Waals surface area (Å²) in [6.45, 7) is 3.64. The molecule has 3 nitrogen and oxygen atoms in total. The first-order chi connectivity index (χ1) is 10.3. The van der Waals surface area contributed by atoms with E-state index in [9.17, 15) is 4.39 Å². The van der Waals surface area contributed by atoms with Crippen LogP contribution in [0.15, 0.2) is 48.5 Å². The highest BCUT2D eigenvalue weighted by molar-refractivity contribution is 5.76. The van der Waals surface area contributed by atoms with E-state index in [-0.39, 0.29) is 5.82 Å². The predicted octanol–water partition coefficient (Wildman–Crippen LogP) is 3.19. The maximum absolute atomic E-state index is 13.3. The fourth-order valence-electron chi connectivity index (χ4n) is 3.02. The Kier molecular flexibility index (Phi) is 2.97. The highest BCUT2D eigenvalue weighted by atomic mass is 19.1. The van der Waals surface area contributed by atoms with Crippen LogP contribution in [-0.2, 0) is 19.6 Å². The van der Waals surface area contributed by atoms with E-state index >= 15 is 0 Å². The number of hydrogen-bond acceptors (Lipinski definition) is 2. The number of benzene rings is 2. The number of imidazole rings is 1. The molecule has 0 saturated heterocycles. The van der Waals surface area contributed by atoms with Crippen LogP contribution in [0.3, 0.4) is 0 Å². The Morgan fingerprint density at radius 2 is 1.90 bits per heavy atom. The van der Waals surface area contributed by atoms with E-state index in [1.807, 2.05) is 12.1 Å². The maximum atomic E-state index is 13.3. The van der Waals surface area contributed by atoms with Crippen LogP contribution in [0.2, 0.25) is 0 Å². The molecule has 0 spiro atoms. The molecule has 0 amide bonds. The second kappa shape index (κ2) is 4.97.